The number of benzene rings is 1. The Kier molecular flexibility index (Phi) is 3.63. The lowest BCUT2D eigenvalue weighted by molar-refractivity contribution is 0.0696. The van der Waals surface area contributed by atoms with Gasteiger partial charge in [0.25, 0.3) is 10.0 Å². The number of sulfonamides is 1. The Labute approximate surface area is 134 Å². The third kappa shape index (κ3) is 2.94. The first-order chi connectivity index (χ1) is 10.8. The van der Waals surface area contributed by atoms with Gasteiger partial charge in [-0.1, -0.05) is 6.07 Å². The quantitative estimate of drug-likeness (QED) is 0.871. The highest BCUT2D eigenvalue weighted by molar-refractivity contribution is 7.92. The van der Waals surface area contributed by atoms with Gasteiger partial charge in [-0.05, 0) is 37.5 Å². The molecule has 3 rings (SSSR count). The number of hydrogen-bond donors (Lipinski definition) is 2. The molecule has 2 N–H and O–H groups in total. The second kappa shape index (κ2) is 5.38. The summed E-state index contributed by atoms with van der Waals surface area (Å²) in [7, 11) is -2.15. The summed E-state index contributed by atoms with van der Waals surface area (Å²) in [6.07, 6.45) is 3.63. The molecule has 0 bridgehead atoms. The second-order valence-corrected chi connectivity index (χ2v) is 7.37. The summed E-state index contributed by atoms with van der Waals surface area (Å²) in [6.45, 7) is 1.49. The Morgan fingerprint density at radius 3 is 2.70 bits per heavy atom. The smallest absolute Gasteiger partial charge is 0.335 e. The van der Waals surface area contributed by atoms with Crippen LogP contribution in [0.4, 0.5) is 5.69 Å². The summed E-state index contributed by atoms with van der Waals surface area (Å²) < 4.78 is 29.4. The highest BCUT2D eigenvalue weighted by atomic mass is 32.2. The van der Waals surface area contributed by atoms with Crippen LogP contribution in [0.2, 0.25) is 0 Å². The van der Waals surface area contributed by atoms with Gasteiger partial charge in [0.2, 0.25) is 0 Å². The largest absolute Gasteiger partial charge is 0.478 e. The van der Waals surface area contributed by atoms with Crippen LogP contribution in [0.15, 0.2) is 29.3 Å². The van der Waals surface area contributed by atoms with Crippen LogP contribution in [-0.2, 0) is 17.1 Å². The number of aryl methyl sites for hydroxylation is 1. The van der Waals surface area contributed by atoms with E-state index in [2.05, 4.69) is 9.82 Å². The molecule has 0 aliphatic heterocycles. The maximum atomic E-state index is 12.7. The normalized spacial score (nSPS) is 14.7. The van der Waals surface area contributed by atoms with E-state index < -0.39 is 16.0 Å². The fourth-order valence-electron chi connectivity index (χ4n) is 2.58. The van der Waals surface area contributed by atoms with E-state index in [-0.39, 0.29) is 16.0 Å². The number of nitrogens with zero attached hydrogens (tertiary/aromatic N) is 2. The summed E-state index contributed by atoms with van der Waals surface area (Å²) >= 11 is 0. The van der Waals surface area contributed by atoms with Crippen molar-refractivity contribution < 1.29 is 18.3 Å². The molecule has 1 aromatic heterocycles. The molecule has 122 valence electrons. The molecule has 2 aromatic rings. The lowest BCUT2D eigenvalue weighted by Crippen LogP contribution is -2.16. The SMILES string of the molecule is Cc1c(C(=O)O)cccc1S(=O)(=O)Nc1cn(C)nc1C1CC1. The van der Waals surface area contributed by atoms with E-state index in [0.717, 1.165) is 18.5 Å². The molecule has 8 heteroatoms. The van der Waals surface area contributed by atoms with Gasteiger partial charge in [0.15, 0.2) is 0 Å². The van der Waals surface area contributed by atoms with Crippen molar-refractivity contribution in [3.05, 3.63) is 41.2 Å². The maximum Gasteiger partial charge on any atom is 0.335 e. The molecule has 1 aromatic carbocycles. The molecular formula is C15H17N3O4S. The second-order valence-electron chi connectivity index (χ2n) is 5.72. The number of anilines is 1. The summed E-state index contributed by atoms with van der Waals surface area (Å²) in [5, 5.41) is 13.5. The lowest BCUT2D eigenvalue weighted by atomic mass is 10.1. The molecule has 1 fully saturated rings. The standard InChI is InChI=1S/C15H17N3O4S/c1-9-11(15(19)20)4-3-5-13(9)23(21,22)17-12-8-18(2)16-14(12)10-6-7-10/h3-5,8,10,17H,6-7H2,1-2H3,(H,19,20). The lowest BCUT2D eigenvalue weighted by Gasteiger charge is -2.11. The summed E-state index contributed by atoms with van der Waals surface area (Å²) in [6, 6.07) is 4.21. The molecule has 0 unspecified atom stereocenters. The zero-order valence-corrected chi connectivity index (χ0v) is 13.6. The van der Waals surface area contributed by atoms with Crippen LogP contribution in [-0.4, -0.2) is 29.3 Å². The van der Waals surface area contributed by atoms with Gasteiger partial charge in [-0.3, -0.25) is 9.40 Å². The number of carbonyl (C=O) groups is 1. The number of hydrogen-bond acceptors (Lipinski definition) is 4. The predicted octanol–water partition coefficient (Wildman–Crippen LogP) is 2.10. The minimum Gasteiger partial charge on any atom is -0.478 e. The molecule has 0 radical (unpaired) electrons. The molecule has 1 heterocycles. The molecule has 7 nitrogen and oxygen atoms in total. The van der Waals surface area contributed by atoms with Gasteiger partial charge < -0.3 is 5.11 Å². The van der Waals surface area contributed by atoms with Crippen LogP contribution in [0.5, 0.6) is 0 Å². The zero-order valence-electron chi connectivity index (χ0n) is 12.8. The van der Waals surface area contributed by atoms with Gasteiger partial charge in [0.1, 0.15) is 0 Å². The fraction of sp³-hybridized carbons (Fsp3) is 0.333. The monoisotopic (exact) mass is 335 g/mol. The molecule has 0 spiro atoms. The third-order valence-corrected chi connectivity index (χ3v) is 5.38. The van der Waals surface area contributed by atoms with Crippen LogP contribution in [0, 0.1) is 6.92 Å². The third-order valence-electron chi connectivity index (χ3n) is 3.87. The summed E-state index contributed by atoms with van der Waals surface area (Å²) in [5.41, 5.74) is 1.38. The van der Waals surface area contributed by atoms with Crippen molar-refractivity contribution >= 4 is 21.7 Å². The van der Waals surface area contributed by atoms with E-state index in [0.29, 0.717) is 11.6 Å². The van der Waals surface area contributed by atoms with Crippen molar-refractivity contribution in [3.63, 3.8) is 0 Å². The van der Waals surface area contributed by atoms with Crippen molar-refractivity contribution in [2.24, 2.45) is 7.05 Å². The molecular weight excluding hydrogens is 318 g/mol. The fourth-order valence-corrected chi connectivity index (χ4v) is 3.91. The molecule has 1 saturated carbocycles. The van der Waals surface area contributed by atoms with Gasteiger partial charge in [0.05, 0.1) is 21.8 Å². The van der Waals surface area contributed by atoms with Gasteiger partial charge in [-0.25, -0.2) is 13.2 Å². The van der Waals surface area contributed by atoms with E-state index in [4.69, 9.17) is 5.11 Å². The highest BCUT2D eigenvalue weighted by Crippen LogP contribution is 2.42. The number of carboxylic acid groups (broad SMARTS) is 1. The van der Waals surface area contributed by atoms with Crippen LogP contribution in [0.25, 0.3) is 0 Å². The van der Waals surface area contributed by atoms with E-state index >= 15 is 0 Å². The summed E-state index contributed by atoms with van der Waals surface area (Å²) in [5.74, 6) is -0.861. The zero-order chi connectivity index (χ0) is 16.8. The molecule has 1 aliphatic rings. The van der Waals surface area contributed by atoms with Gasteiger partial charge >= 0.3 is 5.97 Å². The first-order valence-electron chi connectivity index (χ1n) is 7.19. The van der Waals surface area contributed by atoms with Gasteiger partial charge in [-0.2, -0.15) is 5.10 Å². The number of nitrogens with one attached hydrogen (secondary N) is 1. The van der Waals surface area contributed by atoms with E-state index in [9.17, 15) is 13.2 Å². The van der Waals surface area contributed by atoms with Crippen LogP contribution in [0.3, 0.4) is 0 Å². The first kappa shape index (κ1) is 15.5. The molecule has 0 saturated heterocycles. The Hall–Kier alpha value is -2.35. The molecule has 1 aliphatic carbocycles. The van der Waals surface area contributed by atoms with Crippen molar-refractivity contribution in [1.82, 2.24) is 9.78 Å². The molecule has 0 atom stereocenters. The maximum absolute atomic E-state index is 12.7. The number of aromatic nitrogens is 2. The Morgan fingerprint density at radius 1 is 1.39 bits per heavy atom. The average molecular weight is 335 g/mol. The topological polar surface area (TPSA) is 101 Å². The van der Waals surface area contributed by atoms with Crippen molar-refractivity contribution in [1.29, 1.82) is 0 Å². The van der Waals surface area contributed by atoms with Crippen molar-refractivity contribution in [3.8, 4) is 0 Å². The molecule has 23 heavy (non-hydrogen) atoms. The highest BCUT2D eigenvalue weighted by Gasteiger charge is 2.31. The first-order valence-corrected chi connectivity index (χ1v) is 8.67. The van der Waals surface area contributed by atoms with Crippen LogP contribution >= 0.6 is 0 Å². The number of rotatable bonds is 5. The Balaban J connectivity index is 2.00. The van der Waals surface area contributed by atoms with Crippen molar-refractivity contribution in [2.75, 3.05) is 4.72 Å². The minimum atomic E-state index is -3.88. The van der Waals surface area contributed by atoms with E-state index in [1.807, 2.05) is 0 Å². The number of carboxylic acids is 1. The number of aromatic carboxylic acids is 1. The van der Waals surface area contributed by atoms with Crippen molar-refractivity contribution in [2.45, 2.75) is 30.6 Å². The summed E-state index contributed by atoms with van der Waals surface area (Å²) in [4.78, 5) is 11.1. The Bertz CT molecular complexity index is 882. The van der Waals surface area contributed by atoms with E-state index in [1.54, 1.807) is 17.9 Å². The van der Waals surface area contributed by atoms with E-state index in [1.165, 1.54) is 25.1 Å². The average Bonchev–Trinajstić information content (AvgIpc) is 3.23. The van der Waals surface area contributed by atoms with Crippen LogP contribution < -0.4 is 4.72 Å². The predicted molar refractivity (Wildman–Crippen MR) is 84.1 cm³/mol. The Morgan fingerprint density at radius 2 is 2.09 bits per heavy atom. The van der Waals surface area contributed by atoms with Crippen LogP contribution in [0.1, 0.15) is 40.4 Å². The van der Waals surface area contributed by atoms with Gasteiger partial charge in [0, 0.05) is 19.2 Å². The molecule has 0 amide bonds. The minimum absolute atomic E-state index is 0.0264. The van der Waals surface area contributed by atoms with Gasteiger partial charge in [-0.15, -0.1) is 0 Å².